The van der Waals surface area contributed by atoms with Crippen LogP contribution in [0.4, 0.5) is 5.13 Å². The number of rotatable bonds is 5. The molecule has 1 aliphatic rings. The number of carbonyl (C=O) groups excluding carboxylic acids is 1. The molecule has 1 aromatic carbocycles. The number of aliphatic hydroxyl groups is 1. The van der Waals surface area contributed by atoms with Crippen molar-refractivity contribution in [3.05, 3.63) is 46.5 Å². The highest BCUT2D eigenvalue weighted by molar-refractivity contribution is 7.13. The lowest BCUT2D eigenvalue weighted by Gasteiger charge is -2.31. The second-order valence-corrected chi connectivity index (χ2v) is 7.01. The van der Waals surface area contributed by atoms with E-state index in [1.807, 2.05) is 31.2 Å². The van der Waals surface area contributed by atoms with E-state index in [1.54, 1.807) is 11.3 Å². The number of anilines is 1. The highest BCUT2D eigenvalue weighted by Gasteiger charge is 2.26. The van der Waals surface area contributed by atoms with E-state index in [2.05, 4.69) is 20.6 Å². The third-order valence-electron chi connectivity index (χ3n) is 4.48. The number of nitrogens with zero attached hydrogens (tertiary/aromatic N) is 2. The van der Waals surface area contributed by atoms with Crippen molar-refractivity contribution in [2.24, 2.45) is 5.92 Å². The molecule has 2 N–H and O–H groups in total. The lowest BCUT2D eigenvalue weighted by molar-refractivity contribution is -0.125. The van der Waals surface area contributed by atoms with E-state index in [4.69, 9.17) is 0 Å². The second-order valence-electron chi connectivity index (χ2n) is 6.18. The van der Waals surface area contributed by atoms with E-state index >= 15 is 0 Å². The molecule has 2 heterocycles. The molecule has 6 heteroatoms. The van der Waals surface area contributed by atoms with Gasteiger partial charge in [0.05, 0.1) is 12.3 Å². The summed E-state index contributed by atoms with van der Waals surface area (Å²) < 4.78 is 0. The Morgan fingerprint density at radius 3 is 2.67 bits per heavy atom. The molecule has 0 radical (unpaired) electrons. The van der Waals surface area contributed by atoms with Crippen LogP contribution in [0.1, 0.15) is 29.7 Å². The molecule has 0 aliphatic carbocycles. The minimum atomic E-state index is -0.00232. The molecule has 0 saturated carbocycles. The summed E-state index contributed by atoms with van der Waals surface area (Å²) in [6.45, 7) is 4.22. The molecule has 0 unspecified atom stereocenters. The lowest BCUT2D eigenvalue weighted by Crippen LogP contribution is -2.40. The Labute approximate surface area is 146 Å². The molecular formula is C18H23N3O2S. The number of aliphatic hydroxyl groups excluding tert-OH is 1. The number of benzene rings is 1. The number of nitrogens with one attached hydrogen (secondary N) is 1. The van der Waals surface area contributed by atoms with Crippen LogP contribution < -0.4 is 10.2 Å². The van der Waals surface area contributed by atoms with Crippen LogP contribution in [0.2, 0.25) is 0 Å². The number of aryl methyl sites for hydroxylation is 1. The fraction of sp³-hybridized carbons (Fsp3) is 0.444. The molecule has 0 spiro atoms. The van der Waals surface area contributed by atoms with Gasteiger partial charge in [-0.3, -0.25) is 4.79 Å². The minimum Gasteiger partial charge on any atom is -0.392 e. The van der Waals surface area contributed by atoms with E-state index in [-0.39, 0.29) is 18.4 Å². The number of piperidine rings is 1. The Bertz CT molecular complexity index is 693. The fourth-order valence-electron chi connectivity index (χ4n) is 3.03. The highest BCUT2D eigenvalue weighted by atomic mass is 32.1. The smallest absolute Gasteiger partial charge is 0.223 e. The van der Waals surface area contributed by atoms with Crippen LogP contribution in [-0.4, -0.2) is 29.1 Å². The van der Waals surface area contributed by atoms with Crippen LogP contribution in [0.3, 0.4) is 0 Å². The molecule has 3 rings (SSSR count). The van der Waals surface area contributed by atoms with Gasteiger partial charge in [-0.25, -0.2) is 4.98 Å². The Hall–Kier alpha value is -1.92. The maximum Gasteiger partial charge on any atom is 0.223 e. The predicted molar refractivity (Wildman–Crippen MR) is 96.0 cm³/mol. The van der Waals surface area contributed by atoms with E-state index in [9.17, 15) is 9.90 Å². The number of amides is 1. The van der Waals surface area contributed by atoms with Gasteiger partial charge in [0.2, 0.25) is 5.91 Å². The van der Waals surface area contributed by atoms with Crippen LogP contribution in [0.5, 0.6) is 0 Å². The van der Waals surface area contributed by atoms with Crippen LogP contribution in [0.15, 0.2) is 29.6 Å². The number of thiazole rings is 1. The van der Waals surface area contributed by atoms with Crippen molar-refractivity contribution in [2.75, 3.05) is 18.0 Å². The van der Waals surface area contributed by atoms with Gasteiger partial charge < -0.3 is 15.3 Å². The average molecular weight is 345 g/mol. The quantitative estimate of drug-likeness (QED) is 0.874. The molecule has 5 nitrogen and oxygen atoms in total. The summed E-state index contributed by atoms with van der Waals surface area (Å²) in [5, 5.41) is 15.5. The zero-order chi connectivity index (χ0) is 16.9. The summed E-state index contributed by atoms with van der Waals surface area (Å²) in [4.78, 5) is 19.2. The average Bonchev–Trinajstić information content (AvgIpc) is 3.06. The first kappa shape index (κ1) is 16.9. The zero-order valence-corrected chi connectivity index (χ0v) is 14.7. The molecular weight excluding hydrogens is 322 g/mol. The van der Waals surface area contributed by atoms with E-state index in [1.165, 1.54) is 0 Å². The number of hydrogen-bond acceptors (Lipinski definition) is 5. The van der Waals surface area contributed by atoms with Crippen molar-refractivity contribution in [3.8, 4) is 0 Å². The molecule has 1 aliphatic heterocycles. The van der Waals surface area contributed by atoms with Crippen LogP contribution in [0, 0.1) is 12.8 Å². The number of hydrogen-bond donors (Lipinski definition) is 2. The van der Waals surface area contributed by atoms with Gasteiger partial charge in [0.15, 0.2) is 5.13 Å². The summed E-state index contributed by atoms with van der Waals surface area (Å²) in [6, 6.07) is 7.65. The number of aromatic nitrogens is 1. The molecule has 1 amide bonds. The molecule has 1 fully saturated rings. The first-order valence-corrected chi connectivity index (χ1v) is 9.17. The maximum atomic E-state index is 12.4. The largest absolute Gasteiger partial charge is 0.392 e. The molecule has 1 saturated heterocycles. The van der Waals surface area contributed by atoms with Gasteiger partial charge in [0.1, 0.15) is 0 Å². The summed E-state index contributed by atoms with van der Waals surface area (Å²) in [5.41, 5.74) is 2.90. The van der Waals surface area contributed by atoms with Gasteiger partial charge in [-0.1, -0.05) is 24.3 Å². The third-order valence-corrected chi connectivity index (χ3v) is 5.50. The van der Waals surface area contributed by atoms with Gasteiger partial charge >= 0.3 is 0 Å². The van der Waals surface area contributed by atoms with Crippen molar-refractivity contribution in [2.45, 2.75) is 32.9 Å². The zero-order valence-electron chi connectivity index (χ0n) is 13.9. The summed E-state index contributed by atoms with van der Waals surface area (Å²) in [5.74, 6) is 0.168. The van der Waals surface area contributed by atoms with Crippen molar-refractivity contribution in [1.29, 1.82) is 0 Å². The van der Waals surface area contributed by atoms with Gasteiger partial charge in [-0.05, 0) is 30.9 Å². The molecule has 24 heavy (non-hydrogen) atoms. The summed E-state index contributed by atoms with van der Waals surface area (Å²) >= 11 is 1.67. The number of carbonyl (C=O) groups is 1. The second kappa shape index (κ2) is 7.77. The Morgan fingerprint density at radius 2 is 2.04 bits per heavy atom. The highest BCUT2D eigenvalue weighted by Crippen LogP contribution is 2.26. The minimum absolute atomic E-state index is 0.00232. The van der Waals surface area contributed by atoms with Gasteiger partial charge in [-0.15, -0.1) is 11.3 Å². The summed E-state index contributed by atoms with van der Waals surface area (Å²) in [7, 11) is 0. The van der Waals surface area contributed by atoms with Gasteiger partial charge in [-0.2, -0.15) is 0 Å². The van der Waals surface area contributed by atoms with E-state index in [0.29, 0.717) is 6.54 Å². The topological polar surface area (TPSA) is 65.5 Å². The first-order chi connectivity index (χ1) is 11.7. The van der Waals surface area contributed by atoms with Crippen molar-refractivity contribution in [1.82, 2.24) is 10.3 Å². The van der Waals surface area contributed by atoms with Crippen LogP contribution in [-0.2, 0) is 17.9 Å². The van der Waals surface area contributed by atoms with E-state index in [0.717, 1.165) is 47.9 Å². The normalized spacial score (nSPS) is 15.5. The molecule has 0 bridgehead atoms. The van der Waals surface area contributed by atoms with E-state index < -0.39 is 0 Å². The van der Waals surface area contributed by atoms with Crippen molar-refractivity contribution < 1.29 is 9.90 Å². The van der Waals surface area contributed by atoms with Crippen molar-refractivity contribution in [3.63, 3.8) is 0 Å². The lowest BCUT2D eigenvalue weighted by atomic mass is 9.96. The Balaban J connectivity index is 1.50. The standard InChI is InChI=1S/C18H23N3O2S/c1-13-12-24-18(20-13)21-8-6-14(7-9-21)17(23)19-10-15-4-2-3-5-16(15)11-22/h2-5,12,14,22H,6-11H2,1H3,(H,19,23). The van der Waals surface area contributed by atoms with Crippen LogP contribution >= 0.6 is 11.3 Å². The van der Waals surface area contributed by atoms with Gasteiger partial charge in [0, 0.05) is 30.9 Å². The summed E-state index contributed by atoms with van der Waals surface area (Å²) in [6.07, 6.45) is 1.71. The predicted octanol–water partition coefficient (Wildman–Crippen LogP) is 2.48. The molecule has 128 valence electrons. The van der Waals surface area contributed by atoms with Gasteiger partial charge in [0.25, 0.3) is 0 Å². The SMILES string of the molecule is Cc1csc(N2CCC(C(=O)NCc3ccccc3CO)CC2)n1. The molecule has 2 aromatic rings. The first-order valence-electron chi connectivity index (χ1n) is 8.30. The monoisotopic (exact) mass is 345 g/mol. The fourth-order valence-corrected chi connectivity index (χ4v) is 3.89. The maximum absolute atomic E-state index is 12.4. The van der Waals surface area contributed by atoms with Crippen molar-refractivity contribution >= 4 is 22.4 Å². The molecule has 1 aromatic heterocycles. The van der Waals surface area contributed by atoms with Crippen LogP contribution in [0.25, 0.3) is 0 Å². The third kappa shape index (κ3) is 3.94. The molecule has 0 atom stereocenters. The Kier molecular flexibility index (Phi) is 5.48. The Morgan fingerprint density at radius 1 is 1.33 bits per heavy atom.